The van der Waals surface area contributed by atoms with E-state index in [9.17, 15) is 14.0 Å². The number of hydrogen-bond donors (Lipinski definition) is 0. The molecule has 3 aliphatic carbocycles. The molecule has 0 spiro atoms. The Morgan fingerprint density at radius 2 is 2.00 bits per heavy atom. The van der Waals surface area contributed by atoms with Crippen molar-refractivity contribution < 1.29 is 14.0 Å². The van der Waals surface area contributed by atoms with Crippen LogP contribution < -0.4 is 0 Å². The second-order valence-corrected chi connectivity index (χ2v) is 6.15. The van der Waals surface area contributed by atoms with Crippen molar-refractivity contribution in [3.8, 4) is 0 Å². The van der Waals surface area contributed by atoms with E-state index in [0.29, 0.717) is 5.56 Å². The molecule has 1 aromatic carbocycles. The SMILES string of the molecule is CC12C=CC(C1)C1C(=O)c3cc(F)ccc3C(=O)C12. The molecule has 2 bridgehead atoms. The van der Waals surface area contributed by atoms with Gasteiger partial charge in [-0.25, -0.2) is 4.39 Å². The van der Waals surface area contributed by atoms with Crippen LogP contribution in [-0.2, 0) is 0 Å². The van der Waals surface area contributed by atoms with E-state index < -0.39 is 5.82 Å². The van der Waals surface area contributed by atoms with Gasteiger partial charge in [-0.15, -0.1) is 0 Å². The van der Waals surface area contributed by atoms with Crippen LogP contribution in [0, 0.1) is 29.0 Å². The first-order chi connectivity index (χ1) is 9.01. The molecule has 2 nitrogen and oxygen atoms in total. The highest BCUT2D eigenvalue weighted by atomic mass is 19.1. The van der Waals surface area contributed by atoms with E-state index in [1.807, 2.05) is 6.92 Å². The van der Waals surface area contributed by atoms with Crippen LogP contribution in [-0.4, -0.2) is 11.6 Å². The maximum atomic E-state index is 13.3. The van der Waals surface area contributed by atoms with Gasteiger partial charge < -0.3 is 0 Å². The molecule has 3 aliphatic rings. The van der Waals surface area contributed by atoms with E-state index in [-0.39, 0.29) is 40.3 Å². The zero-order valence-electron chi connectivity index (χ0n) is 10.5. The summed E-state index contributed by atoms with van der Waals surface area (Å²) < 4.78 is 13.3. The quantitative estimate of drug-likeness (QED) is 0.669. The van der Waals surface area contributed by atoms with Crippen LogP contribution in [0.2, 0.25) is 0 Å². The molecule has 1 aromatic rings. The van der Waals surface area contributed by atoms with E-state index in [4.69, 9.17) is 0 Å². The number of ketones is 2. The van der Waals surface area contributed by atoms with Gasteiger partial charge in [0.15, 0.2) is 11.6 Å². The van der Waals surface area contributed by atoms with Gasteiger partial charge in [-0.3, -0.25) is 9.59 Å². The van der Waals surface area contributed by atoms with Crippen LogP contribution in [0.5, 0.6) is 0 Å². The third-order valence-electron chi connectivity index (χ3n) is 5.03. The molecule has 4 atom stereocenters. The first kappa shape index (κ1) is 11.1. The van der Waals surface area contributed by atoms with Gasteiger partial charge in [0.25, 0.3) is 0 Å². The molecule has 0 aliphatic heterocycles. The van der Waals surface area contributed by atoms with Crippen molar-refractivity contribution in [2.45, 2.75) is 13.3 Å². The monoisotopic (exact) mass is 256 g/mol. The highest BCUT2D eigenvalue weighted by Gasteiger charge is 2.60. The molecule has 0 radical (unpaired) electrons. The summed E-state index contributed by atoms with van der Waals surface area (Å²) in [5.74, 6) is -0.901. The Morgan fingerprint density at radius 1 is 1.21 bits per heavy atom. The number of allylic oxidation sites excluding steroid dienone is 2. The largest absolute Gasteiger partial charge is 0.294 e. The zero-order valence-corrected chi connectivity index (χ0v) is 10.5. The van der Waals surface area contributed by atoms with Gasteiger partial charge in [0.05, 0.1) is 0 Å². The van der Waals surface area contributed by atoms with Gasteiger partial charge >= 0.3 is 0 Å². The van der Waals surface area contributed by atoms with Crippen molar-refractivity contribution >= 4 is 11.6 Å². The fourth-order valence-corrected chi connectivity index (χ4v) is 4.21. The van der Waals surface area contributed by atoms with Gasteiger partial charge in [-0.05, 0) is 36.0 Å². The summed E-state index contributed by atoms with van der Waals surface area (Å²) >= 11 is 0. The van der Waals surface area contributed by atoms with Crippen molar-refractivity contribution in [2.75, 3.05) is 0 Å². The van der Waals surface area contributed by atoms with Gasteiger partial charge in [0, 0.05) is 23.0 Å². The van der Waals surface area contributed by atoms with Gasteiger partial charge in [-0.1, -0.05) is 19.1 Å². The maximum Gasteiger partial charge on any atom is 0.168 e. The predicted octanol–water partition coefficient (Wildman–Crippen LogP) is 3.03. The van der Waals surface area contributed by atoms with Crippen molar-refractivity contribution in [3.63, 3.8) is 0 Å². The number of rotatable bonds is 0. The molecule has 0 heterocycles. The molecule has 4 rings (SSSR count). The number of fused-ring (bicyclic) bond motifs is 6. The Morgan fingerprint density at radius 3 is 2.79 bits per heavy atom. The zero-order chi connectivity index (χ0) is 13.4. The van der Waals surface area contributed by atoms with E-state index >= 15 is 0 Å². The highest BCUT2D eigenvalue weighted by Crippen LogP contribution is 2.59. The molecule has 0 saturated heterocycles. The summed E-state index contributed by atoms with van der Waals surface area (Å²) in [5.41, 5.74) is 0.472. The molecular formula is C16H13FO2. The minimum absolute atomic E-state index is 0.00829. The van der Waals surface area contributed by atoms with Gasteiger partial charge in [0.1, 0.15) is 5.82 Å². The molecule has 1 saturated carbocycles. The lowest BCUT2D eigenvalue weighted by molar-refractivity contribution is 0.0676. The van der Waals surface area contributed by atoms with Crippen molar-refractivity contribution in [1.82, 2.24) is 0 Å². The van der Waals surface area contributed by atoms with Crippen LogP contribution in [0.1, 0.15) is 34.1 Å². The van der Waals surface area contributed by atoms with Crippen LogP contribution in [0.4, 0.5) is 4.39 Å². The van der Waals surface area contributed by atoms with Crippen LogP contribution in [0.3, 0.4) is 0 Å². The Bertz CT molecular complexity index is 661. The summed E-state index contributed by atoms with van der Waals surface area (Å²) in [6, 6.07) is 3.93. The lowest BCUT2D eigenvalue weighted by atomic mass is 9.65. The molecule has 0 aromatic heterocycles. The van der Waals surface area contributed by atoms with Crippen LogP contribution in [0.25, 0.3) is 0 Å². The molecule has 96 valence electrons. The van der Waals surface area contributed by atoms with Gasteiger partial charge in [0.2, 0.25) is 0 Å². The Balaban J connectivity index is 1.95. The number of carbonyl (C=O) groups is 2. The van der Waals surface area contributed by atoms with Crippen molar-refractivity contribution in [1.29, 1.82) is 0 Å². The summed E-state index contributed by atoms with van der Waals surface area (Å²) in [5, 5.41) is 0. The van der Waals surface area contributed by atoms with E-state index in [2.05, 4.69) is 12.2 Å². The molecule has 0 N–H and O–H groups in total. The molecule has 3 heteroatoms. The molecule has 19 heavy (non-hydrogen) atoms. The first-order valence-electron chi connectivity index (χ1n) is 6.59. The topological polar surface area (TPSA) is 34.1 Å². The summed E-state index contributed by atoms with van der Waals surface area (Å²) in [7, 11) is 0. The predicted molar refractivity (Wildman–Crippen MR) is 67.4 cm³/mol. The van der Waals surface area contributed by atoms with E-state index in [1.165, 1.54) is 18.2 Å². The van der Waals surface area contributed by atoms with E-state index in [0.717, 1.165) is 6.42 Å². The normalized spacial score (nSPS) is 38.5. The van der Waals surface area contributed by atoms with Crippen molar-refractivity contribution in [2.24, 2.45) is 23.2 Å². The highest BCUT2D eigenvalue weighted by molar-refractivity contribution is 6.17. The average Bonchev–Trinajstić information content (AvgIpc) is 2.89. The minimum atomic E-state index is -0.455. The van der Waals surface area contributed by atoms with E-state index in [1.54, 1.807) is 0 Å². The van der Waals surface area contributed by atoms with Crippen molar-refractivity contribution in [3.05, 3.63) is 47.3 Å². The first-order valence-corrected chi connectivity index (χ1v) is 6.59. The lowest BCUT2D eigenvalue weighted by Gasteiger charge is -2.35. The Kier molecular flexibility index (Phi) is 1.88. The molecule has 0 amide bonds. The summed E-state index contributed by atoms with van der Waals surface area (Å²) in [6.45, 7) is 2.05. The maximum absolute atomic E-state index is 13.3. The van der Waals surface area contributed by atoms with Gasteiger partial charge in [-0.2, -0.15) is 0 Å². The molecule has 4 unspecified atom stereocenters. The fourth-order valence-electron chi connectivity index (χ4n) is 4.21. The fraction of sp³-hybridized carbons (Fsp3) is 0.375. The summed E-state index contributed by atoms with van der Waals surface area (Å²) in [6.07, 6.45) is 4.99. The Labute approximate surface area is 110 Å². The lowest BCUT2D eigenvalue weighted by Crippen LogP contribution is -2.42. The second-order valence-electron chi connectivity index (χ2n) is 6.15. The minimum Gasteiger partial charge on any atom is -0.294 e. The molecule has 1 fully saturated rings. The number of carbonyl (C=O) groups excluding carboxylic acids is 2. The number of benzene rings is 1. The third-order valence-corrected chi connectivity index (χ3v) is 5.03. The second kappa shape index (κ2) is 3.21. The standard InChI is InChI=1S/C16H13FO2/c1-16-5-4-8(7-16)12-13(16)15(19)10-3-2-9(17)6-11(10)14(12)18/h2-6,8,12-13H,7H2,1H3. The number of hydrogen-bond acceptors (Lipinski definition) is 2. The van der Waals surface area contributed by atoms with Crippen LogP contribution in [0.15, 0.2) is 30.4 Å². The summed E-state index contributed by atoms with van der Waals surface area (Å²) in [4.78, 5) is 25.2. The number of halogens is 1. The smallest absolute Gasteiger partial charge is 0.168 e. The third kappa shape index (κ3) is 1.20. The van der Waals surface area contributed by atoms with Crippen LogP contribution >= 0.6 is 0 Å². The average molecular weight is 256 g/mol. The number of Topliss-reactive ketones (excluding diaryl/α,β-unsaturated/α-hetero) is 2. The molecular weight excluding hydrogens is 243 g/mol. The Hall–Kier alpha value is -1.77.